The molecule has 0 aliphatic rings. The van der Waals surface area contributed by atoms with E-state index in [1.807, 2.05) is 31.2 Å². The normalized spacial score (nSPS) is 10.3. The molecular formula is C20H17F2N3O2. The van der Waals surface area contributed by atoms with Crippen molar-refractivity contribution >= 4 is 23.0 Å². The quantitative estimate of drug-likeness (QED) is 0.658. The Morgan fingerprint density at radius 1 is 1.07 bits per heavy atom. The van der Waals surface area contributed by atoms with Crippen molar-refractivity contribution < 1.29 is 18.3 Å². The molecule has 0 unspecified atom stereocenters. The van der Waals surface area contributed by atoms with E-state index in [1.54, 1.807) is 6.07 Å². The van der Waals surface area contributed by atoms with E-state index in [0.717, 1.165) is 17.8 Å². The second kappa shape index (κ2) is 8.27. The average molecular weight is 369 g/mol. The molecule has 1 aromatic heterocycles. The zero-order valence-electron chi connectivity index (χ0n) is 14.5. The molecule has 1 heterocycles. The van der Waals surface area contributed by atoms with Gasteiger partial charge in [0.15, 0.2) is 0 Å². The molecule has 2 aromatic carbocycles. The lowest BCUT2D eigenvalue weighted by Gasteiger charge is -2.13. The van der Waals surface area contributed by atoms with E-state index in [4.69, 9.17) is 4.74 Å². The molecular weight excluding hydrogens is 352 g/mol. The summed E-state index contributed by atoms with van der Waals surface area (Å²) in [6.07, 6.45) is 1.43. The Hall–Kier alpha value is -3.48. The number of amides is 1. The van der Waals surface area contributed by atoms with Gasteiger partial charge in [-0.25, -0.2) is 8.78 Å². The number of para-hydroxylation sites is 3. The summed E-state index contributed by atoms with van der Waals surface area (Å²) in [5.41, 5.74) is 0.800. The van der Waals surface area contributed by atoms with Crippen molar-refractivity contribution in [2.75, 3.05) is 17.2 Å². The maximum Gasteiger partial charge on any atom is 0.274 e. The van der Waals surface area contributed by atoms with E-state index in [2.05, 4.69) is 15.6 Å². The van der Waals surface area contributed by atoms with Crippen molar-refractivity contribution in [1.29, 1.82) is 0 Å². The smallest absolute Gasteiger partial charge is 0.274 e. The van der Waals surface area contributed by atoms with Gasteiger partial charge in [0.25, 0.3) is 5.91 Å². The number of hydrogen-bond donors (Lipinski definition) is 2. The SMILES string of the molecule is CCOc1ccccc1Nc1ccnc(C(=O)Nc2c(F)cccc2F)c1. The van der Waals surface area contributed by atoms with Gasteiger partial charge in [0.05, 0.1) is 12.3 Å². The first-order chi connectivity index (χ1) is 13.1. The highest BCUT2D eigenvalue weighted by Gasteiger charge is 2.15. The first-order valence-corrected chi connectivity index (χ1v) is 8.28. The molecule has 0 fully saturated rings. The highest BCUT2D eigenvalue weighted by Crippen LogP contribution is 2.27. The Morgan fingerprint density at radius 3 is 2.56 bits per heavy atom. The van der Waals surface area contributed by atoms with Crippen LogP contribution in [0.25, 0.3) is 0 Å². The number of halogens is 2. The Kier molecular flexibility index (Phi) is 5.61. The second-order valence-corrected chi connectivity index (χ2v) is 5.53. The van der Waals surface area contributed by atoms with Gasteiger partial charge in [0.1, 0.15) is 28.8 Å². The number of anilines is 3. The van der Waals surface area contributed by atoms with Crippen LogP contribution in [0.2, 0.25) is 0 Å². The van der Waals surface area contributed by atoms with E-state index in [9.17, 15) is 13.6 Å². The standard InChI is InChI=1S/C20H17F2N3O2/c1-2-27-18-9-4-3-8-16(18)24-13-10-11-23-17(12-13)20(26)25-19-14(21)6-5-7-15(19)22/h3-12H,2H2,1H3,(H,23,24)(H,25,26). The van der Waals surface area contributed by atoms with Crippen LogP contribution in [0, 0.1) is 11.6 Å². The number of benzene rings is 2. The van der Waals surface area contributed by atoms with Crippen molar-refractivity contribution in [2.24, 2.45) is 0 Å². The zero-order valence-corrected chi connectivity index (χ0v) is 14.5. The number of carbonyl (C=O) groups excluding carboxylic acids is 1. The molecule has 0 saturated carbocycles. The summed E-state index contributed by atoms with van der Waals surface area (Å²) in [5, 5.41) is 5.36. The van der Waals surface area contributed by atoms with Gasteiger partial charge in [-0.1, -0.05) is 18.2 Å². The fourth-order valence-corrected chi connectivity index (χ4v) is 2.43. The van der Waals surface area contributed by atoms with Crippen LogP contribution in [0.1, 0.15) is 17.4 Å². The molecule has 0 spiro atoms. The van der Waals surface area contributed by atoms with E-state index in [-0.39, 0.29) is 5.69 Å². The van der Waals surface area contributed by atoms with Crippen LogP contribution in [0.15, 0.2) is 60.8 Å². The van der Waals surface area contributed by atoms with Crippen LogP contribution in [0.5, 0.6) is 5.75 Å². The van der Waals surface area contributed by atoms with E-state index in [1.165, 1.54) is 18.3 Å². The van der Waals surface area contributed by atoms with Gasteiger partial charge in [-0.2, -0.15) is 0 Å². The van der Waals surface area contributed by atoms with Crippen LogP contribution < -0.4 is 15.4 Å². The van der Waals surface area contributed by atoms with Crippen LogP contribution >= 0.6 is 0 Å². The van der Waals surface area contributed by atoms with Crippen molar-refractivity contribution in [3.05, 3.63) is 78.1 Å². The van der Waals surface area contributed by atoms with E-state index >= 15 is 0 Å². The molecule has 0 aliphatic heterocycles. The molecule has 3 aromatic rings. The number of nitrogens with one attached hydrogen (secondary N) is 2. The number of hydrogen-bond acceptors (Lipinski definition) is 4. The van der Waals surface area contributed by atoms with Crippen LogP contribution in [-0.2, 0) is 0 Å². The fraction of sp³-hybridized carbons (Fsp3) is 0.100. The predicted octanol–water partition coefficient (Wildman–Crippen LogP) is 4.75. The number of aromatic nitrogens is 1. The summed E-state index contributed by atoms with van der Waals surface area (Å²) in [6, 6.07) is 13.9. The number of nitrogens with zero attached hydrogens (tertiary/aromatic N) is 1. The molecule has 0 radical (unpaired) electrons. The number of rotatable bonds is 6. The van der Waals surface area contributed by atoms with E-state index in [0.29, 0.717) is 18.0 Å². The third-order valence-electron chi connectivity index (χ3n) is 3.66. The molecule has 138 valence electrons. The first kappa shape index (κ1) is 18.3. The minimum Gasteiger partial charge on any atom is -0.492 e. The molecule has 0 bridgehead atoms. The summed E-state index contributed by atoms with van der Waals surface area (Å²) in [4.78, 5) is 16.3. The number of ether oxygens (including phenoxy) is 1. The van der Waals surface area contributed by atoms with Gasteiger partial charge in [0.2, 0.25) is 0 Å². The summed E-state index contributed by atoms with van der Waals surface area (Å²) in [5.74, 6) is -1.77. The van der Waals surface area contributed by atoms with Gasteiger partial charge in [-0.15, -0.1) is 0 Å². The molecule has 5 nitrogen and oxygen atoms in total. The Labute approximate surface area is 155 Å². The summed E-state index contributed by atoms with van der Waals surface area (Å²) in [7, 11) is 0. The number of carbonyl (C=O) groups is 1. The third kappa shape index (κ3) is 4.38. The minimum atomic E-state index is -0.858. The average Bonchev–Trinajstić information content (AvgIpc) is 2.67. The molecule has 7 heteroatoms. The van der Waals surface area contributed by atoms with Gasteiger partial charge in [-0.05, 0) is 43.3 Å². The lowest BCUT2D eigenvalue weighted by molar-refractivity contribution is 0.102. The van der Waals surface area contributed by atoms with Gasteiger partial charge >= 0.3 is 0 Å². The van der Waals surface area contributed by atoms with Gasteiger partial charge < -0.3 is 15.4 Å². The van der Waals surface area contributed by atoms with Crippen LogP contribution in [0.4, 0.5) is 25.8 Å². The molecule has 1 amide bonds. The van der Waals surface area contributed by atoms with Crippen LogP contribution in [0.3, 0.4) is 0 Å². The molecule has 2 N–H and O–H groups in total. The summed E-state index contributed by atoms with van der Waals surface area (Å²) >= 11 is 0. The van der Waals surface area contributed by atoms with Crippen molar-refractivity contribution in [2.45, 2.75) is 6.92 Å². The Balaban J connectivity index is 1.81. The molecule has 3 rings (SSSR count). The summed E-state index contributed by atoms with van der Waals surface area (Å²) < 4.78 is 33.0. The second-order valence-electron chi connectivity index (χ2n) is 5.53. The summed E-state index contributed by atoms with van der Waals surface area (Å²) in [6.45, 7) is 2.39. The maximum atomic E-state index is 13.7. The van der Waals surface area contributed by atoms with Crippen LogP contribution in [-0.4, -0.2) is 17.5 Å². The Morgan fingerprint density at radius 2 is 1.81 bits per heavy atom. The monoisotopic (exact) mass is 369 g/mol. The third-order valence-corrected chi connectivity index (χ3v) is 3.66. The highest BCUT2D eigenvalue weighted by molar-refractivity contribution is 6.03. The molecule has 0 saturated heterocycles. The van der Waals surface area contributed by atoms with E-state index < -0.39 is 23.2 Å². The lowest BCUT2D eigenvalue weighted by Crippen LogP contribution is -2.16. The van der Waals surface area contributed by atoms with Gasteiger partial charge in [-0.3, -0.25) is 9.78 Å². The minimum absolute atomic E-state index is 0.0107. The number of pyridine rings is 1. The molecule has 0 atom stereocenters. The van der Waals surface area contributed by atoms with Gasteiger partial charge in [0, 0.05) is 11.9 Å². The highest BCUT2D eigenvalue weighted by atomic mass is 19.1. The lowest BCUT2D eigenvalue weighted by atomic mass is 10.2. The van der Waals surface area contributed by atoms with Crippen molar-refractivity contribution in [3.63, 3.8) is 0 Å². The fourth-order valence-electron chi connectivity index (χ4n) is 2.43. The van der Waals surface area contributed by atoms with Crippen molar-refractivity contribution in [3.8, 4) is 5.75 Å². The molecule has 27 heavy (non-hydrogen) atoms. The van der Waals surface area contributed by atoms with Crippen molar-refractivity contribution in [1.82, 2.24) is 4.98 Å². The Bertz CT molecular complexity index is 943. The maximum absolute atomic E-state index is 13.7. The first-order valence-electron chi connectivity index (χ1n) is 8.28. The zero-order chi connectivity index (χ0) is 19.2. The topological polar surface area (TPSA) is 63.2 Å². The largest absolute Gasteiger partial charge is 0.492 e. The molecule has 0 aliphatic carbocycles. The predicted molar refractivity (Wildman–Crippen MR) is 99.4 cm³/mol.